The smallest absolute Gasteiger partial charge is 0.0704 e. The quantitative estimate of drug-likeness (QED) is 0.891. The Bertz CT molecular complexity index is 377. The highest BCUT2D eigenvalue weighted by Crippen LogP contribution is 2.37. The number of aliphatic hydroxyl groups excluding tert-OH is 1. The Labute approximate surface area is 116 Å². The van der Waals surface area contributed by atoms with E-state index in [0.29, 0.717) is 18.5 Å². The van der Waals surface area contributed by atoms with E-state index >= 15 is 0 Å². The van der Waals surface area contributed by atoms with Gasteiger partial charge in [0, 0.05) is 17.5 Å². The second-order valence-electron chi connectivity index (χ2n) is 5.09. The fourth-order valence-corrected chi connectivity index (χ4v) is 4.05. The Morgan fingerprint density at radius 1 is 1.59 bits per heavy atom. The van der Waals surface area contributed by atoms with E-state index in [1.165, 1.54) is 33.5 Å². The normalized spacial score (nSPS) is 21.6. The van der Waals surface area contributed by atoms with Gasteiger partial charge in [0.15, 0.2) is 0 Å². The minimum Gasteiger partial charge on any atom is -0.392 e. The van der Waals surface area contributed by atoms with Crippen LogP contribution in [0.15, 0.2) is 9.85 Å². The third kappa shape index (κ3) is 3.31. The lowest BCUT2D eigenvalue weighted by atomic mass is 9.93. The molecule has 2 atom stereocenters. The third-order valence-corrected chi connectivity index (χ3v) is 5.14. The minimum absolute atomic E-state index is 0.248. The summed E-state index contributed by atoms with van der Waals surface area (Å²) < 4.78 is 1.22. The monoisotopic (exact) mass is 317 g/mol. The Hall–Kier alpha value is 0.100. The van der Waals surface area contributed by atoms with Gasteiger partial charge < -0.3 is 10.4 Å². The number of hydrogen-bond donors (Lipinski definition) is 2. The van der Waals surface area contributed by atoms with E-state index in [4.69, 9.17) is 0 Å². The molecule has 0 saturated heterocycles. The van der Waals surface area contributed by atoms with Crippen LogP contribution in [-0.2, 0) is 6.42 Å². The Morgan fingerprint density at radius 2 is 2.35 bits per heavy atom. The summed E-state index contributed by atoms with van der Waals surface area (Å²) >= 11 is 5.41. The van der Waals surface area contributed by atoms with Gasteiger partial charge in [0.05, 0.1) is 9.89 Å². The summed E-state index contributed by atoms with van der Waals surface area (Å²) in [6.07, 6.45) is 3.38. The van der Waals surface area contributed by atoms with E-state index < -0.39 is 0 Å². The van der Waals surface area contributed by atoms with Crippen molar-refractivity contribution in [2.24, 2.45) is 5.92 Å². The van der Waals surface area contributed by atoms with Gasteiger partial charge in [0.1, 0.15) is 0 Å². The molecule has 2 nitrogen and oxygen atoms in total. The van der Waals surface area contributed by atoms with E-state index in [2.05, 4.69) is 41.2 Å². The third-order valence-electron chi connectivity index (χ3n) is 3.43. The molecule has 1 aliphatic carbocycles. The van der Waals surface area contributed by atoms with Gasteiger partial charge in [-0.05, 0) is 52.7 Å². The summed E-state index contributed by atoms with van der Waals surface area (Å²) in [6.45, 7) is 4.80. The van der Waals surface area contributed by atoms with Gasteiger partial charge in [0.25, 0.3) is 0 Å². The first kappa shape index (κ1) is 13.5. The van der Waals surface area contributed by atoms with Crippen LogP contribution >= 0.6 is 27.3 Å². The van der Waals surface area contributed by atoms with Crippen molar-refractivity contribution in [3.05, 3.63) is 20.3 Å². The van der Waals surface area contributed by atoms with Crippen molar-refractivity contribution in [2.75, 3.05) is 6.54 Å². The first-order valence-electron chi connectivity index (χ1n) is 6.27. The highest BCUT2D eigenvalue weighted by atomic mass is 79.9. The molecule has 1 heterocycles. The van der Waals surface area contributed by atoms with Crippen molar-refractivity contribution >= 4 is 27.3 Å². The molecule has 0 radical (unpaired) electrons. The van der Waals surface area contributed by atoms with Crippen LogP contribution in [-0.4, -0.2) is 17.8 Å². The van der Waals surface area contributed by atoms with E-state index in [-0.39, 0.29) is 6.10 Å². The molecular formula is C13H20BrNOS. The molecule has 0 aromatic carbocycles. The second-order valence-corrected chi connectivity index (χ2v) is 7.61. The van der Waals surface area contributed by atoms with Crippen LogP contribution in [0.1, 0.15) is 43.2 Å². The number of aliphatic hydroxyl groups is 1. The lowest BCUT2D eigenvalue weighted by Gasteiger charge is -2.26. The summed E-state index contributed by atoms with van der Waals surface area (Å²) in [5.41, 5.74) is 1.43. The topological polar surface area (TPSA) is 32.3 Å². The summed E-state index contributed by atoms with van der Waals surface area (Å²) in [7, 11) is 0. The average molecular weight is 318 g/mol. The molecule has 0 spiro atoms. The maximum Gasteiger partial charge on any atom is 0.0704 e. The lowest BCUT2D eigenvalue weighted by molar-refractivity contribution is 0.119. The predicted molar refractivity (Wildman–Crippen MR) is 76.5 cm³/mol. The van der Waals surface area contributed by atoms with E-state index in [1.54, 1.807) is 0 Å². The molecule has 0 bridgehead atoms. The zero-order valence-electron chi connectivity index (χ0n) is 10.4. The van der Waals surface area contributed by atoms with E-state index in [1.807, 2.05) is 11.3 Å². The molecule has 96 valence electrons. The summed E-state index contributed by atoms with van der Waals surface area (Å²) in [5, 5.41) is 13.3. The maximum atomic E-state index is 9.84. The molecule has 2 N–H and O–H groups in total. The largest absolute Gasteiger partial charge is 0.392 e. The van der Waals surface area contributed by atoms with Crippen LogP contribution in [0.5, 0.6) is 0 Å². The Morgan fingerprint density at radius 3 is 3.06 bits per heavy atom. The maximum absolute atomic E-state index is 9.84. The van der Waals surface area contributed by atoms with Gasteiger partial charge in [-0.15, -0.1) is 11.3 Å². The second kappa shape index (κ2) is 5.83. The Kier molecular flexibility index (Phi) is 4.64. The number of hydrogen-bond acceptors (Lipinski definition) is 3. The Balaban J connectivity index is 1.99. The molecule has 0 saturated carbocycles. The lowest BCUT2D eigenvalue weighted by Crippen LogP contribution is -2.34. The fourth-order valence-electron chi connectivity index (χ4n) is 2.23. The average Bonchev–Trinajstić information content (AvgIpc) is 2.66. The van der Waals surface area contributed by atoms with Gasteiger partial charge in [-0.1, -0.05) is 13.8 Å². The molecular weight excluding hydrogens is 298 g/mol. The van der Waals surface area contributed by atoms with Crippen molar-refractivity contribution in [1.82, 2.24) is 5.32 Å². The molecule has 0 fully saturated rings. The van der Waals surface area contributed by atoms with Gasteiger partial charge in [-0.2, -0.15) is 0 Å². The highest BCUT2D eigenvalue weighted by molar-refractivity contribution is 9.11. The number of aryl methyl sites for hydroxylation is 1. The SMILES string of the molecule is CC(C)C(O)CNC1CCCc2sc(Br)cc21. The van der Waals surface area contributed by atoms with E-state index in [9.17, 15) is 5.11 Å². The molecule has 1 aliphatic rings. The zero-order chi connectivity index (χ0) is 12.4. The van der Waals surface area contributed by atoms with Crippen LogP contribution < -0.4 is 5.32 Å². The molecule has 2 rings (SSSR count). The van der Waals surface area contributed by atoms with E-state index in [0.717, 1.165) is 0 Å². The molecule has 1 aromatic heterocycles. The number of nitrogens with one attached hydrogen (secondary N) is 1. The molecule has 2 unspecified atom stereocenters. The zero-order valence-corrected chi connectivity index (χ0v) is 12.8. The standard InChI is InChI=1S/C13H20BrNOS/c1-8(2)11(16)7-15-10-4-3-5-12-9(10)6-13(14)17-12/h6,8,10-11,15-16H,3-5,7H2,1-2H3. The summed E-state index contributed by atoms with van der Waals surface area (Å²) in [6, 6.07) is 2.66. The van der Waals surface area contributed by atoms with Crippen molar-refractivity contribution < 1.29 is 5.11 Å². The van der Waals surface area contributed by atoms with Crippen LogP contribution in [0.4, 0.5) is 0 Å². The van der Waals surface area contributed by atoms with Crippen LogP contribution in [0.25, 0.3) is 0 Å². The number of halogens is 1. The number of fused-ring (bicyclic) bond motifs is 1. The van der Waals surface area contributed by atoms with Crippen molar-refractivity contribution in [2.45, 2.75) is 45.3 Å². The highest BCUT2D eigenvalue weighted by Gasteiger charge is 2.23. The van der Waals surface area contributed by atoms with Gasteiger partial charge in [-0.3, -0.25) is 0 Å². The fraction of sp³-hybridized carbons (Fsp3) is 0.692. The molecule has 0 amide bonds. The first-order valence-corrected chi connectivity index (χ1v) is 7.88. The van der Waals surface area contributed by atoms with Crippen LogP contribution in [0.2, 0.25) is 0 Å². The molecule has 0 aliphatic heterocycles. The summed E-state index contributed by atoms with van der Waals surface area (Å²) in [4.78, 5) is 1.50. The van der Waals surface area contributed by atoms with Crippen molar-refractivity contribution in [1.29, 1.82) is 0 Å². The van der Waals surface area contributed by atoms with Crippen LogP contribution in [0, 0.1) is 5.92 Å². The summed E-state index contributed by atoms with van der Waals surface area (Å²) in [5.74, 6) is 0.319. The van der Waals surface area contributed by atoms with Gasteiger partial charge in [0.2, 0.25) is 0 Å². The first-order chi connectivity index (χ1) is 8.08. The van der Waals surface area contributed by atoms with Crippen molar-refractivity contribution in [3.8, 4) is 0 Å². The number of thiophene rings is 1. The molecule has 4 heteroatoms. The number of rotatable bonds is 4. The molecule has 1 aromatic rings. The predicted octanol–water partition coefficient (Wildman–Crippen LogP) is 3.49. The van der Waals surface area contributed by atoms with Crippen molar-refractivity contribution in [3.63, 3.8) is 0 Å². The molecule has 17 heavy (non-hydrogen) atoms. The minimum atomic E-state index is -0.248. The van der Waals surface area contributed by atoms with Gasteiger partial charge in [-0.25, -0.2) is 0 Å². The van der Waals surface area contributed by atoms with Gasteiger partial charge >= 0.3 is 0 Å². The van der Waals surface area contributed by atoms with Crippen LogP contribution in [0.3, 0.4) is 0 Å².